The maximum absolute atomic E-state index is 8.91. The van der Waals surface area contributed by atoms with Crippen LogP contribution < -0.4 is 0 Å². The second-order valence-corrected chi connectivity index (χ2v) is 9.66. The van der Waals surface area contributed by atoms with E-state index in [-0.39, 0.29) is 6.10 Å². The van der Waals surface area contributed by atoms with Crippen LogP contribution in [0, 0.1) is 0 Å². The van der Waals surface area contributed by atoms with E-state index >= 15 is 0 Å². The molecule has 2 heteroatoms. The van der Waals surface area contributed by atoms with Crippen molar-refractivity contribution in [3.05, 3.63) is 70.4 Å². The van der Waals surface area contributed by atoms with E-state index in [0.29, 0.717) is 0 Å². The minimum Gasteiger partial charge on any atom is -0.251 e. The molecule has 1 unspecified atom stereocenters. The van der Waals surface area contributed by atoms with Gasteiger partial charge in [-0.3, -0.25) is 5.26 Å². The van der Waals surface area contributed by atoms with Crippen LogP contribution in [0.5, 0.6) is 0 Å². The molecule has 0 radical (unpaired) electrons. The Balaban J connectivity index is 4.12. The molecule has 182 valence electrons. The Morgan fingerprint density at radius 1 is 0.625 bits per heavy atom. The van der Waals surface area contributed by atoms with E-state index in [1.807, 2.05) is 6.92 Å². The van der Waals surface area contributed by atoms with Gasteiger partial charge in [0.25, 0.3) is 0 Å². The lowest BCUT2D eigenvalue weighted by Crippen LogP contribution is -2.11. The molecular weight excluding hydrogens is 392 g/mol. The molecule has 0 bridgehead atoms. The monoisotopic (exact) mass is 442 g/mol. The van der Waals surface area contributed by atoms with E-state index in [9.17, 15) is 0 Å². The van der Waals surface area contributed by atoms with Gasteiger partial charge in [0.1, 0.15) is 6.10 Å². The van der Waals surface area contributed by atoms with Gasteiger partial charge < -0.3 is 0 Å². The Morgan fingerprint density at radius 2 is 1.00 bits per heavy atom. The fraction of sp³-hybridized carbons (Fsp3) is 0.600. The fourth-order valence-corrected chi connectivity index (χ4v) is 3.50. The van der Waals surface area contributed by atoms with Crippen LogP contribution >= 0.6 is 0 Å². The highest BCUT2D eigenvalue weighted by atomic mass is 17.1. The lowest BCUT2D eigenvalue weighted by molar-refractivity contribution is -0.269. The van der Waals surface area contributed by atoms with Crippen LogP contribution in [0.2, 0.25) is 0 Å². The van der Waals surface area contributed by atoms with Crippen LogP contribution in [0.1, 0.15) is 113 Å². The van der Waals surface area contributed by atoms with Crippen molar-refractivity contribution in [3.8, 4) is 0 Å². The summed E-state index contributed by atoms with van der Waals surface area (Å²) in [6, 6.07) is 0. The number of hydrogen-bond acceptors (Lipinski definition) is 2. The van der Waals surface area contributed by atoms with Gasteiger partial charge >= 0.3 is 0 Å². The molecule has 0 aromatic rings. The second kappa shape index (κ2) is 18.9. The van der Waals surface area contributed by atoms with Crippen LogP contribution in [0.3, 0.4) is 0 Å². The maximum atomic E-state index is 8.91. The zero-order valence-corrected chi connectivity index (χ0v) is 22.1. The summed E-state index contributed by atoms with van der Waals surface area (Å²) in [5.41, 5.74) is 8.10. The van der Waals surface area contributed by atoms with Crippen LogP contribution in [-0.4, -0.2) is 11.4 Å². The average molecular weight is 443 g/mol. The highest BCUT2D eigenvalue weighted by molar-refractivity contribution is 5.08. The van der Waals surface area contributed by atoms with Crippen molar-refractivity contribution in [1.29, 1.82) is 0 Å². The van der Waals surface area contributed by atoms with Gasteiger partial charge in [0.05, 0.1) is 0 Å². The molecule has 0 fully saturated rings. The zero-order chi connectivity index (χ0) is 24.4. The first kappa shape index (κ1) is 30.4. The summed E-state index contributed by atoms with van der Waals surface area (Å²) in [6.45, 7) is 19.0. The predicted molar refractivity (Wildman–Crippen MR) is 143 cm³/mol. The summed E-state index contributed by atoms with van der Waals surface area (Å²) in [7, 11) is 0. The predicted octanol–water partition coefficient (Wildman–Crippen LogP) is 10.1. The Kier molecular flexibility index (Phi) is 17.9. The van der Waals surface area contributed by atoms with Crippen molar-refractivity contribution in [1.82, 2.24) is 0 Å². The maximum Gasteiger partial charge on any atom is 0.113 e. The van der Waals surface area contributed by atoms with Gasteiger partial charge in [0.15, 0.2) is 0 Å². The van der Waals surface area contributed by atoms with E-state index in [4.69, 9.17) is 5.26 Å². The molecule has 2 nitrogen and oxygen atoms in total. The van der Waals surface area contributed by atoms with Crippen molar-refractivity contribution in [3.63, 3.8) is 0 Å². The van der Waals surface area contributed by atoms with Gasteiger partial charge in [-0.25, -0.2) is 4.89 Å². The van der Waals surface area contributed by atoms with Crippen molar-refractivity contribution in [2.75, 3.05) is 0 Å². The van der Waals surface area contributed by atoms with Crippen molar-refractivity contribution in [2.45, 2.75) is 119 Å². The molecule has 0 aliphatic heterocycles. The summed E-state index contributed by atoms with van der Waals surface area (Å²) in [4.78, 5) is 4.48. The van der Waals surface area contributed by atoms with Crippen LogP contribution in [0.4, 0.5) is 0 Å². The Morgan fingerprint density at radius 3 is 1.38 bits per heavy atom. The summed E-state index contributed by atoms with van der Waals surface area (Å²) in [5.74, 6) is 0. The quantitative estimate of drug-likeness (QED) is 0.105. The summed E-state index contributed by atoms with van der Waals surface area (Å²) in [5, 5.41) is 8.91. The van der Waals surface area contributed by atoms with E-state index in [0.717, 1.165) is 56.9 Å². The van der Waals surface area contributed by atoms with Crippen molar-refractivity contribution < 1.29 is 10.1 Å². The average Bonchev–Trinajstić information content (AvgIpc) is 2.71. The number of rotatable bonds is 17. The molecule has 1 N–H and O–H groups in total. The van der Waals surface area contributed by atoms with Gasteiger partial charge in [0.2, 0.25) is 0 Å². The first-order chi connectivity index (χ1) is 15.1. The van der Waals surface area contributed by atoms with Gasteiger partial charge in [0, 0.05) is 0 Å². The molecule has 0 amide bonds. The Labute approximate surface area is 199 Å². The SMILES string of the molecule is C=C(C)C(CC/C(C)=C/CC/C(C)=C/CC/C=C(\C)CC/C=C(\C)CCC=C(C)C)OO. The van der Waals surface area contributed by atoms with Crippen LogP contribution in [0.15, 0.2) is 70.4 Å². The molecule has 0 aromatic heterocycles. The second-order valence-electron chi connectivity index (χ2n) is 9.66. The Hall–Kier alpha value is -1.64. The molecule has 1 atom stereocenters. The van der Waals surface area contributed by atoms with Crippen LogP contribution in [-0.2, 0) is 4.89 Å². The van der Waals surface area contributed by atoms with Crippen LogP contribution in [0.25, 0.3) is 0 Å². The van der Waals surface area contributed by atoms with Crippen molar-refractivity contribution in [2.24, 2.45) is 0 Å². The molecule has 0 rings (SSSR count). The molecule has 32 heavy (non-hydrogen) atoms. The molecular formula is C30H50O2. The third-order valence-electron chi connectivity index (χ3n) is 5.78. The number of hydrogen-bond donors (Lipinski definition) is 1. The van der Waals surface area contributed by atoms with Gasteiger partial charge in [-0.05, 0) is 118 Å². The third-order valence-corrected chi connectivity index (χ3v) is 5.78. The van der Waals surface area contributed by atoms with E-state index in [1.165, 1.54) is 40.7 Å². The highest BCUT2D eigenvalue weighted by Gasteiger charge is 2.09. The fourth-order valence-electron chi connectivity index (χ4n) is 3.50. The van der Waals surface area contributed by atoms with E-state index in [1.54, 1.807) is 0 Å². The minimum absolute atomic E-state index is 0.260. The van der Waals surface area contributed by atoms with Gasteiger partial charge in [-0.1, -0.05) is 64.8 Å². The lowest BCUT2D eigenvalue weighted by Gasteiger charge is -2.12. The molecule has 0 aliphatic carbocycles. The smallest absolute Gasteiger partial charge is 0.113 e. The Bertz CT molecular complexity index is 682. The molecule has 0 aromatic carbocycles. The third kappa shape index (κ3) is 18.0. The molecule has 0 heterocycles. The van der Waals surface area contributed by atoms with Gasteiger partial charge in [-0.15, -0.1) is 0 Å². The van der Waals surface area contributed by atoms with E-state index < -0.39 is 0 Å². The topological polar surface area (TPSA) is 29.5 Å². The highest BCUT2D eigenvalue weighted by Crippen LogP contribution is 2.17. The van der Waals surface area contributed by atoms with Gasteiger partial charge in [-0.2, -0.15) is 0 Å². The van der Waals surface area contributed by atoms with Crippen molar-refractivity contribution >= 4 is 0 Å². The molecule has 0 spiro atoms. The molecule has 0 saturated heterocycles. The first-order valence-corrected chi connectivity index (χ1v) is 12.4. The lowest BCUT2D eigenvalue weighted by atomic mass is 10.0. The number of allylic oxidation sites excluding steroid dienone is 10. The summed E-state index contributed by atoms with van der Waals surface area (Å²) >= 11 is 0. The minimum atomic E-state index is -0.260. The molecule has 0 saturated carbocycles. The first-order valence-electron chi connectivity index (χ1n) is 12.4. The summed E-state index contributed by atoms with van der Waals surface area (Å²) in [6.07, 6.45) is 22.4. The van der Waals surface area contributed by atoms with E-state index in [2.05, 4.69) is 83.4 Å². The number of unbranched alkanes of at least 4 members (excludes halogenated alkanes) is 1. The largest absolute Gasteiger partial charge is 0.251 e. The standard InChI is InChI=1S/C30H50O2/c1-24(2)14-11-17-28(7)20-12-18-26(5)15-9-10-16-27(6)19-13-21-29(8)22-23-30(32-31)25(3)4/h14-16,20-21,30-31H,3,9-13,17-19,22-23H2,1-2,4-8H3/b26-15+,27-16+,28-20+,29-21+. The normalized spacial score (nSPS) is 14.5. The molecule has 0 aliphatic rings. The zero-order valence-electron chi connectivity index (χ0n) is 22.1. The summed E-state index contributed by atoms with van der Waals surface area (Å²) < 4.78 is 0.